The van der Waals surface area contributed by atoms with Crippen LogP contribution in [0.25, 0.3) is 0 Å². The van der Waals surface area contributed by atoms with E-state index in [-0.39, 0.29) is 33.7 Å². The van der Waals surface area contributed by atoms with Gasteiger partial charge in [0.05, 0.1) is 16.8 Å². The van der Waals surface area contributed by atoms with Crippen LogP contribution in [0.1, 0.15) is 41.3 Å². The lowest BCUT2D eigenvalue weighted by Crippen LogP contribution is -2.37. The molecule has 3 rings (SSSR count). The number of furan rings is 1. The molecule has 140 valence electrons. The second-order valence-electron chi connectivity index (χ2n) is 6.05. The van der Waals surface area contributed by atoms with E-state index in [9.17, 15) is 19.5 Å². The maximum absolute atomic E-state index is 12.1. The number of aromatic carboxylic acids is 1. The molecule has 0 fully saturated rings. The summed E-state index contributed by atoms with van der Waals surface area (Å²) in [5, 5.41) is 15.1. The number of halogens is 1. The molecule has 0 spiro atoms. The molecule has 0 bridgehead atoms. The Balaban J connectivity index is 1.93. The van der Waals surface area contributed by atoms with Gasteiger partial charge >= 0.3 is 5.97 Å². The summed E-state index contributed by atoms with van der Waals surface area (Å²) in [7, 11) is 0. The maximum atomic E-state index is 12.1. The van der Waals surface area contributed by atoms with Crippen molar-refractivity contribution in [1.29, 1.82) is 0 Å². The first-order chi connectivity index (χ1) is 12.8. The van der Waals surface area contributed by atoms with Crippen LogP contribution in [0, 0.1) is 6.92 Å². The Morgan fingerprint density at radius 3 is 2.48 bits per heavy atom. The van der Waals surface area contributed by atoms with Crippen LogP contribution in [0.15, 0.2) is 44.3 Å². The van der Waals surface area contributed by atoms with Gasteiger partial charge in [-0.25, -0.2) is 4.79 Å². The monoisotopic (exact) mass is 388 g/mol. The lowest BCUT2D eigenvalue weighted by atomic mass is 10.1. The van der Waals surface area contributed by atoms with E-state index in [2.05, 4.69) is 10.6 Å². The van der Waals surface area contributed by atoms with Gasteiger partial charge in [0.1, 0.15) is 28.5 Å². The number of carboxylic acids is 1. The third-order valence-corrected chi connectivity index (χ3v) is 4.54. The van der Waals surface area contributed by atoms with Crippen LogP contribution in [0.3, 0.4) is 0 Å². The smallest absolute Gasteiger partial charge is 0.339 e. The zero-order valence-corrected chi connectivity index (χ0v) is 15.4. The van der Waals surface area contributed by atoms with Crippen molar-refractivity contribution < 1.29 is 14.3 Å². The molecule has 2 aromatic carbocycles. The Labute approximate surface area is 159 Å². The Hall–Kier alpha value is -3.06. The van der Waals surface area contributed by atoms with Crippen molar-refractivity contribution in [2.24, 2.45) is 0 Å². The third-order valence-electron chi connectivity index (χ3n) is 4.23. The molecular formula is C19H17ClN2O5. The molecule has 0 aliphatic rings. The molecule has 1 aromatic heterocycles. The first-order valence-corrected chi connectivity index (χ1v) is 8.66. The summed E-state index contributed by atoms with van der Waals surface area (Å²) in [6, 6.07) is 7.77. The van der Waals surface area contributed by atoms with E-state index in [1.54, 1.807) is 12.1 Å². The molecule has 1 atom stereocenters. The SMILES string of the molecule is CCC(Nc1c(Nc2cccc(Cl)c2C(=O)O)c(=O)c1=O)c1ccc(C)o1. The van der Waals surface area contributed by atoms with Crippen LogP contribution >= 0.6 is 11.6 Å². The molecule has 3 N–H and O–H groups in total. The quantitative estimate of drug-likeness (QED) is 0.527. The number of hydrogen-bond acceptors (Lipinski definition) is 6. The van der Waals surface area contributed by atoms with Gasteiger partial charge in [-0.15, -0.1) is 0 Å². The standard InChI is InChI=1S/C19H17ClN2O5/c1-3-11(13-8-7-9(2)27-13)21-15-16(18(24)17(15)23)22-12-6-4-5-10(20)14(12)19(25)26/h4-8,11,21-22H,3H2,1-2H3,(H,25,26). The molecule has 27 heavy (non-hydrogen) atoms. The molecule has 0 aliphatic heterocycles. The Kier molecular flexibility index (Phi) is 5.05. The van der Waals surface area contributed by atoms with Crippen molar-refractivity contribution in [2.45, 2.75) is 26.3 Å². The minimum Gasteiger partial charge on any atom is -0.478 e. The maximum Gasteiger partial charge on any atom is 0.339 e. The summed E-state index contributed by atoms with van der Waals surface area (Å²) in [4.78, 5) is 35.5. The minimum absolute atomic E-state index is 0.00601. The van der Waals surface area contributed by atoms with E-state index in [0.717, 1.165) is 5.76 Å². The van der Waals surface area contributed by atoms with E-state index in [1.807, 2.05) is 19.9 Å². The van der Waals surface area contributed by atoms with Crippen molar-refractivity contribution in [3.8, 4) is 0 Å². The minimum atomic E-state index is -1.24. The molecular weight excluding hydrogens is 372 g/mol. The molecule has 1 heterocycles. The van der Waals surface area contributed by atoms with Crippen molar-refractivity contribution in [3.05, 3.63) is 72.9 Å². The topological polar surface area (TPSA) is 109 Å². The summed E-state index contributed by atoms with van der Waals surface area (Å²) in [5.74, 6) is 0.135. The van der Waals surface area contributed by atoms with Gasteiger partial charge < -0.3 is 20.2 Å². The first-order valence-electron chi connectivity index (χ1n) is 8.28. The van der Waals surface area contributed by atoms with Crippen LogP contribution in [-0.4, -0.2) is 11.1 Å². The lowest BCUT2D eigenvalue weighted by Gasteiger charge is -2.21. The molecule has 0 saturated carbocycles. The van der Waals surface area contributed by atoms with E-state index in [4.69, 9.17) is 16.0 Å². The van der Waals surface area contributed by atoms with Crippen molar-refractivity contribution >= 4 is 34.6 Å². The Morgan fingerprint density at radius 2 is 1.89 bits per heavy atom. The summed E-state index contributed by atoms with van der Waals surface area (Å²) < 4.78 is 5.59. The number of benzene rings is 1. The summed E-state index contributed by atoms with van der Waals surface area (Å²) in [6.45, 7) is 3.72. The predicted octanol–water partition coefficient (Wildman–Crippen LogP) is 3.84. The highest BCUT2D eigenvalue weighted by atomic mass is 35.5. The van der Waals surface area contributed by atoms with Gasteiger partial charge in [0.15, 0.2) is 0 Å². The van der Waals surface area contributed by atoms with Gasteiger partial charge in [-0.2, -0.15) is 0 Å². The van der Waals surface area contributed by atoms with Crippen LogP contribution < -0.4 is 21.5 Å². The fourth-order valence-electron chi connectivity index (χ4n) is 2.82. The van der Waals surface area contributed by atoms with Gasteiger partial charge in [0.2, 0.25) is 0 Å². The number of hydrogen-bond donors (Lipinski definition) is 3. The van der Waals surface area contributed by atoms with Gasteiger partial charge in [-0.3, -0.25) is 9.59 Å². The molecule has 0 saturated heterocycles. The number of rotatable bonds is 7. The van der Waals surface area contributed by atoms with Crippen LogP contribution in [-0.2, 0) is 0 Å². The molecule has 0 aliphatic carbocycles. The van der Waals surface area contributed by atoms with E-state index >= 15 is 0 Å². The van der Waals surface area contributed by atoms with E-state index in [1.165, 1.54) is 12.1 Å². The molecule has 7 nitrogen and oxygen atoms in total. The second kappa shape index (κ2) is 7.28. The molecule has 0 radical (unpaired) electrons. The largest absolute Gasteiger partial charge is 0.478 e. The summed E-state index contributed by atoms with van der Waals surface area (Å²) >= 11 is 5.94. The van der Waals surface area contributed by atoms with Crippen molar-refractivity contribution in [3.63, 3.8) is 0 Å². The Morgan fingerprint density at radius 1 is 1.19 bits per heavy atom. The third kappa shape index (κ3) is 3.46. The highest BCUT2D eigenvalue weighted by molar-refractivity contribution is 6.34. The number of carboxylic acid groups (broad SMARTS) is 1. The van der Waals surface area contributed by atoms with Gasteiger partial charge in [-0.1, -0.05) is 24.6 Å². The average Bonchev–Trinajstić information content (AvgIpc) is 3.06. The van der Waals surface area contributed by atoms with Crippen LogP contribution in [0.4, 0.5) is 17.1 Å². The van der Waals surface area contributed by atoms with Crippen LogP contribution in [0.2, 0.25) is 5.02 Å². The number of anilines is 3. The lowest BCUT2D eigenvalue weighted by molar-refractivity contribution is 0.0698. The number of carbonyl (C=O) groups is 1. The predicted molar refractivity (Wildman–Crippen MR) is 103 cm³/mol. The number of nitrogens with one attached hydrogen (secondary N) is 2. The van der Waals surface area contributed by atoms with Crippen molar-refractivity contribution in [1.82, 2.24) is 0 Å². The fraction of sp³-hybridized carbons (Fsp3) is 0.211. The first kappa shape index (κ1) is 18.7. The van der Waals surface area contributed by atoms with Crippen LogP contribution in [0.5, 0.6) is 0 Å². The molecule has 1 unspecified atom stereocenters. The van der Waals surface area contributed by atoms with Gasteiger partial charge in [0, 0.05) is 0 Å². The van der Waals surface area contributed by atoms with Gasteiger partial charge in [0.25, 0.3) is 10.9 Å². The van der Waals surface area contributed by atoms with E-state index in [0.29, 0.717) is 12.2 Å². The fourth-order valence-corrected chi connectivity index (χ4v) is 3.07. The molecule has 8 heteroatoms. The zero-order chi connectivity index (χ0) is 19.7. The second-order valence-corrected chi connectivity index (χ2v) is 6.46. The van der Waals surface area contributed by atoms with Crippen molar-refractivity contribution in [2.75, 3.05) is 10.6 Å². The highest BCUT2D eigenvalue weighted by Crippen LogP contribution is 2.31. The average molecular weight is 389 g/mol. The van der Waals surface area contributed by atoms with E-state index < -0.39 is 16.8 Å². The molecule has 0 amide bonds. The normalized spacial score (nSPS) is 12.1. The Bertz CT molecular complexity index is 1080. The number of aryl methyl sites for hydroxylation is 1. The highest BCUT2D eigenvalue weighted by Gasteiger charge is 2.26. The summed E-state index contributed by atoms with van der Waals surface area (Å²) in [6.07, 6.45) is 0.614. The summed E-state index contributed by atoms with van der Waals surface area (Å²) in [5.41, 5.74) is -1.33. The van der Waals surface area contributed by atoms with Gasteiger partial charge in [-0.05, 0) is 37.6 Å². The zero-order valence-electron chi connectivity index (χ0n) is 14.6. The molecule has 3 aromatic rings.